The van der Waals surface area contributed by atoms with Gasteiger partial charge in [0, 0.05) is 6.54 Å². The number of anilines is 1. The second-order valence-electron chi connectivity index (χ2n) is 9.77. The number of hydrogen-bond acceptors (Lipinski definition) is 6. The minimum atomic E-state index is -4.17. The number of imide groups is 1. The Morgan fingerprint density at radius 1 is 0.872 bits per heavy atom. The van der Waals surface area contributed by atoms with Crippen LogP contribution in [0.2, 0.25) is 0 Å². The number of aryl methyl sites for hydroxylation is 2. The predicted molar refractivity (Wildman–Crippen MR) is 150 cm³/mol. The molecule has 1 aliphatic heterocycles. The first-order chi connectivity index (χ1) is 18.5. The van der Waals surface area contributed by atoms with Crippen LogP contribution in [0.5, 0.6) is 11.5 Å². The summed E-state index contributed by atoms with van der Waals surface area (Å²) in [7, 11) is -1.10. The van der Waals surface area contributed by atoms with E-state index in [9.17, 15) is 18.0 Å². The van der Waals surface area contributed by atoms with E-state index in [1.165, 1.54) is 11.4 Å². The zero-order valence-electron chi connectivity index (χ0n) is 23.1. The van der Waals surface area contributed by atoms with Crippen LogP contribution in [0, 0.1) is 27.7 Å². The summed E-state index contributed by atoms with van der Waals surface area (Å²) < 4.78 is 40.7. The molecular weight excluding hydrogens is 516 g/mol. The third kappa shape index (κ3) is 5.29. The normalized spacial score (nSPS) is 15.8. The first-order valence-electron chi connectivity index (χ1n) is 12.7. The van der Waals surface area contributed by atoms with Gasteiger partial charge in [-0.25, -0.2) is 13.3 Å². The largest absolute Gasteiger partial charge is 0.493 e. The molecule has 0 aliphatic carbocycles. The van der Waals surface area contributed by atoms with E-state index >= 15 is 0 Å². The Labute approximate surface area is 230 Å². The summed E-state index contributed by atoms with van der Waals surface area (Å²) in [6.07, 6.45) is 0.0631. The summed E-state index contributed by atoms with van der Waals surface area (Å²) in [4.78, 5) is 28.1. The van der Waals surface area contributed by atoms with Crippen molar-refractivity contribution in [1.82, 2.24) is 4.31 Å². The molecule has 0 radical (unpaired) electrons. The minimum Gasteiger partial charge on any atom is -0.493 e. The summed E-state index contributed by atoms with van der Waals surface area (Å²) in [6, 6.07) is 14.8. The average molecular weight is 551 g/mol. The smallest absolute Gasteiger partial charge is 0.252 e. The van der Waals surface area contributed by atoms with Crippen LogP contribution in [0.15, 0.2) is 59.5 Å². The molecule has 1 unspecified atom stereocenters. The van der Waals surface area contributed by atoms with Crippen molar-refractivity contribution in [2.45, 2.75) is 51.5 Å². The molecule has 0 spiro atoms. The third-order valence-electron chi connectivity index (χ3n) is 7.42. The van der Waals surface area contributed by atoms with Gasteiger partial charge in [0.05, 0.1) is 31.2 Å². The summed E-state index contributed by atoms with van der Waals surface area (Å²) in [5.41, 5.74) is 4.17. The number of para-hydroxylation sites is 1. The van der Waals surface area contributed by atoms with E-state index in [2.05, 4.69) is 0 Å². The van der Waals surface area contributed by atoms with Gasteiger partial charge in [-0.15, -0.1) is 0 Å². The van der Waals surface area contributed by atoms with Crippen molar-refractivity contribution in [2.24, 2.45) is 0 Å². The highest BCUT2D eigenvalue weighted by Crippen LogP contribution is 2.34. The second kappa shape index (κ2) is 11.2. The predicted octanol–water partition coefficient (Wildman–Crippen LogP) is 4.50. The molecule has 1 heterocycles. The zero-order chi connectivity index (χ0) is 28.5. The summed E-state index contributed by atoms with van der Waals surface area (Å²) >= 11 is 0. The topological polar surface area (TPSA) is 93.2 Å². The molecule has 2 amide bonds. The lowest BCUT2D eigenvalue weighted by Gasteiger charge is -2.29. The molecule has 1 aliphatic rings. The van der Waals surface area contributed by atoms with Crippen LogP contribution < -0.4 is 14.4 Å². The fourth-order valence-electron chi connectivity index (χ4n) is 5.09. The van der Waals surface area contributed by atoms with Gasteiger partial charge >= 0.3 is 0 Å². The lowest BCUT2D eigenvalue weighted by molar-refractivity contribution is -0.122. The van der Waals surface area contributed by atoms with E-state index in [1.54, 1.807) is 63.4 Å². The van der Waals surface area contributed by atoms with Gasteiger partial charge in [0.25, 0.3) is 5.91 Å². The summed E-state index contributed by atoms with van der Waals surface area (Å²) in [6.45, 7) is 7.29. The number of benzene rings is 3. The number of sulfonamides is 1. The lowest BCUT2D eigenvalue weighted by atomic mass is 10.0. The number of hydrogen-bond donors (Lipinski definition) is 0. The van der Waals surface area contributed by atoms with Crippen LogP contribution in [-0.2, 0) is 26.0 Å². The van der Waals surface area contributed by atoms with Gasteiger partial charge in [-0.05, 0) is 86.2 Å². The molecule has 1 atom stereocenters. The van der Waals surface area contributed by atoms with Gasteiger partial charge in [0.1, 0.15) is 6.04 Å². The van der Waals surface area contributed by atoms with Gasteiger partial charge in [-0.1, -0.05) is 30.3 Å². The fourth-order valence-corrected chi connectivity index (χ4v) is 7.25. The quantitative estimate of drug-likeness (QED) is 0.364. The van der Waals surface area contributed by atoms with Crippen molar-refractivity contribution < 1.29 is 27.5 Å². The van der Waals surface area contributed by atoms with Crippen molar-refractivity contribution in [3.8, 4) is 11.5 Å². The maximum absolute atomic E-state index is 14.4. The van der Waals surface area contributed by atoms with Gasteiger partial charge < -0.3 is 9.47 Å². The Bertz CT molecular complexity index is 1490. The van der Waals surface area contributed by atoms with E-state index in [1.807, 2.05) is 26.0 Å². The number of amides is 2. The lowest BCUT2D eigenvalue weighted by Crippen LogP contribution is -2.46. The van der Waals surface area contributed by atoms with Crippen LogP contribution in [0.3, 0.4) is 0 Å². The molecule has 1 saturated heterocycles. The van der Waals surface area contributed by atoms with E-state index < -0.39 is 27.9 Å². The fraction of sp³-hybridized carbons (Fsp3) is 0.333. The van der Waals surface area contributed by atoms with Crippen molar-refractivity contribution >= 4 is 27.5 Å². The van der Waals surface area contributed by atoms with Crippen LogP contribution in [0.25, 0.3) is 0 Å². The average Bonchev–Trinajstić information content (AvgIpc) is 3.20. The molecule has 0 saturated carbocycles. The number of ether oxygens (including phenoxy) is 2. The van der Waals surface area contributed by atoms with E-state index in [-0.39, 0.29) is 17.9 Å². The van der Waals surface area contributed by atoms with Crippen LogP contribution in [0.1, 0.15) is 34.2 Å². The third-order valence-corrected chi connectivity index (χ3v) is 9.60. The highest BCUT2D eigenvalue weighted by atomic mass is 32.2. The molecule has 4 rings (SSSR count). The van der Waals surface area contributed by atoms with Crippen LogP contribution in [-0.4, -0.2) is 51.3 Å². The number of carbonyl (C=O) groups excluding carboxylic acids is 2. The highest BCUT2D eigenvalue weighted by Gasteiger charge is 2.47. The van der Waals surface area contributed by atoms with Gasteiger partial charge in [0.15, 0.2) is 11.5 Å². The number of methoxy groups -OCH3 is 2. The van der Waals surface area contributed by atoms with Gasteiger partial charge in [-0.3, -0.25) is 9.59 Å². The molecule has 9 heteroatoms. The minimum absolute atomic E-state index is 0.00397. The van der Waals surface area contributed by atoms with E-state index in [0.717, 1.165) is 21.6 Å². The van der Waals surface area contributed by atoms with Crippen LogP contribution in [0.4, 0.5) is 5.69 Å². The molecular formula is C30H34N2O6S. The molecule has 8 nitrogen and oxygen atoms in total. The Morgan fingerprint density at radius 2 is 1.49 bits per heavy atom. The summed E-state index contributed by atoms with van der Waals surface area (Å²) in [5, 5.41) is 0. The number of rotatable bonds is 9. The molecule has 0 N–H and O–H groups in total. The summed E-state index contributed by atoms with van der Waals surface area (Å²) in [5.74, 6) is 0.0909. The Kier molecular flexibility index (Phi) is 8.13. The molecule has 0 bridgehead atoms. The number of carbonyl (C=O) groups is 2. The second-order valence-corrected chi connectivity index (χ2v) is 11.6. The molecule has 0 aromatic heterocycles. The Balaban J connectivity index is 1.79. The van der Waals surface area contributed by atoms with Crippen molar-refractivity contribution in [3.63, 3.8) is 0 Å². The van der Waals surface area contributed by atoms with Crippen molar-refractivity contribution in [1.29, 1.82) is 0 Å². The molecule has 39 heavy (non-hydrogen) atoms. The standard InChI is InChI=1S/C30H34N2O6S/c1-19-16-20(2)22(4)29(21(19)3)39(35,36)31(15-14-23-12-13-26(37-5)27(17-23)38-6)25-18-28(33)32(30(25)34)24-10-8-7-9-11-24/h7-13,16-17,25H,14-15,18H2,1-6H3. The van der Waals surface area contributed by atoms with E-state index in [4.69, 9.17) is 9.47 Å². The first kappa shape index (κ1) is 28.3. The Morgan fingerprint density at radius 3 is 2.08 bits per heavy atom. The highest BCUT2D eigenvalue weighted by molar-refractivity contribution is 7.89. The maximum Gasteiger partial charge on any atom is 0.252 e. The monoisotopic (exact) mass is 550 g/mol. The molecule has 206 valence electrons. The SMILES string of the molecule is COc1ccc(CCN(C2CC(=O)N(c3ccccc3)C2=O)S(=O)(=O)c2c(C)c(C)cc(C)c2C)cc1OC. The molecule has 3 aromatic rings. The molecule has 1 fully saturated rings. The number of nitrogens with zero attached hydrogens (tertiary/aromatic N) is 2. The van der Waals surface area contributed by atoms with Gasteiger partial charge in [0.2, 0.25) is 15.9 Å². The zero-order valence-corrected chi connectivity index (χ0v) is 24.0. The van der Waals surface area contributed by atoms with Gasteiger partial charge in [-0.2, -0.15) is 4.31 Å². The maximum atomic E-state index is 14.4. The van der Waals surface area contributed by atoms with E-state index in [0.29, 0.717) is 34.7 Å². The van der Waals surface area contributed by atoms with Crippen LogP contribution >= 0.6 is 0 Å². The molecule has 3 aromatic carbocycles. The van der Waals surface area contributed by atoms with Crippen molar-refractivity contribution in [3.05, 3.63) is 82.4 Å². The van der Waals surface area contributed by atoms with Crippen molar-refractivity contribution in [2.75, 3.05) is 25.7 Å². The Hall–Kier alpha value is -3.69. The first-order valence-corrected chi connectivity index (χ1v) is 14.2.